The van der Waals surface area contributed by atoms with Crippen LogP contribution in [0.1, 0.15) is 0 Å². The first-order valence-corrected chi connectivity index (χ1v) is 23.8. The fourth-order valence-electron chi connectivity index (χ4n) is 10.8. The van der Waals surface area contributed by atoms with E-state index in [1.807, 2.05) is 11.3 Å². The molecule has 15 aromatic rings. The van der Waals surface area contributed by atoms with Crippen LogP contribution in [-0.2, 0) is 0 Å². The lowest BCUT2D eigenvalue weighted by Gasteiger charge is -2.14. The maximum absolute atomic E-state index is 7.07. The number of aromatic nitrogens is 3. The molecule has 3 aromatic heterocycles. The molecule has 314 valence electrons. The number of furan rings is 1. The van der Waals surface area contributed by atoms with Gasteiger partial charge < -0.3 is 4.42 Å². The molecule has 0 aliphatic heterocycles. The van der Waals surface area contributed by atoms with Gasteiger partial charge in [0.25, 0.3) is 0 Å². The van der Waals surface area contributed by atoms with Gasteiger partial charge in [0.05, 0.1) is 0 Å². The minimum atomic E-state index is 0.631. The van der Waals surface area contributed by atoms with Crippen molar-refractivity contribution in [1.82, 2.24) is 15.0 Å². The SMILES string of the molecule is c1ccc2cc3c(cc2c1)oc1c3c(-c2ccc3cc(-c4nc(-c5ccc6sc7ccccc7c6c5)nc(-c5cccc6ccccc56)n4)ccc3c2)cc2c3ccccc3c3ccccc3c21. The van der Waals surface area contributed by atoms with Gasteiger partial charge in [-0.2, -0.15) is 0 Å². The topological polar surface area (TPSA) is 51.8 Å². The molecule has 0 radical (unpaired) electrons. The molecule has 0 unspecified atom stereocenters. The van der Waals surface area contributed by atoms with Gasteiger partial charge in [-0.15, -0.1) is 11.3 Å². The van der Waals surface area contributed by atoms with Crippen molar-refractivity contribution in [3.05, 3.63) is 212 Å². The van der Waals surface area contributed by atoms with E-state index in [9.17, 15) is 0 Å². The van der Waals surface area contributed by atoms with Gasteiger partial charge in [0.1, 0.15) is 11.2 Å². The second-order valence-corrected chi connectivity index (χ2v) is 18.9. The quantitative estimate of drug-likeness (QED) is 0.165. The molecule has 0 spiro atoms. The molecule has 0 atom stereocenters. The molecular formula is C63H35N3OS. The van der Waals surface area contributed by atoms with E-state index in [1.54, 1.807) is 0 Å². The first-order chi connectivity index (χ1) is 33.7. The van der Waals surface area contributed by atoms with Gasteiger partial charge in [0.15, 0.2) is 17.5 Å². The Morgan fingerprint density at radius 2 is 0.838 bits per heavy atom. The normalized spacial score (nSPS) is 12.1. The molecule has 3 heterocycles. The van der Waals surface area contributed by atoms with Crippen LogP contribution in [0.4, 0.5) is 0 Å². The fraction of sp³-hybridized carbons (Fsp3) is 0. The summed E-state index contributed by atoms with van der Waals surface area (Å²) in [5, 5.41) is 18.7. The lowest BCUT2D eigenvalue weighted by atomic mass is 9.88. The second kappa shape index (κ2) is 14.4. The van der Waals surface area contributed by atoms with E-state index in [1.165, 1.54) is 52.5 Å². The Kier molecular flexibility index (Phi) is 7.91. The molecule has 0 bridgehead atoms. The minimum Gasteiger partial charge on any atom is -0.455 e. The van der Waals surface area contributed by atoms with Crippen LogP contribution in [0.2, 0.25) is 0 Å². The van der Waals surface area contributed by atoms with Crippen LogP contribution in [0.15, 0.2) is 217 Å². The summed E-state index contributed by atoms with van der Waals surface area (Å²) in [7, 11) is 0. The maximum atomic E-state index is 7.07. The first kappa shape index (κ1) is 37.5. The summed E-state index contributed by atoms with van der Waals surface area (Å²) in [6.45, 7) is 0. The van der Waals surface area contributed by atoms with Crippen LogP contribution >= 0.6 is 11.3 Å². The van der Waals surface area contributed by atoms with Gasteiger partial charge in [-0.25, -0.2) is 15.0 Å². The molecule has 0 fully saturated rings. The molecule has 0 N–H and O–H groups in total. The first-order valence-electron chi connectivity index (χ1n) is 23.0. The predicted octanol–water partition coefficient (Wildman–Crippen LogP) is 17.7. The Morgan fingerprint density at radius 3 is 1.63 bits per heavy atom. The van der Waals surface area contributed by atoms with Crippen molar-refractivity contribution in [2.75, 3.05) is 0 Å². The molecule has 0 saturated heterocycles. The van der Waals surface area contributed by atoms with E-state index in [4.69, 9.17) is 19.4 Å². The molecule has 15 rings (SSSR count). The Hall–Kier alpha value is -8.77. The van der Waals surface area contributed by atoms with Crippen LogP contribution < -0.4 is 0 Å². The zero-order valence-corrected chi connectivity index (χ0v) is 37.2. The lowest BCUT2D eigenvalue weighted by molar-refractivity contribution is 0.673. The van der Waals surface area contributed by atoms with Crippen molar-refractivity contribution in [2.45, 2.75) is 0 Å². The van der Waals surface area contributed by atoms with Gasteiger partial charge in [0.2, 0.25) is 0 Å². The van der Waals surface area contributed by atoms with Crippen LogP contribution in [0.3, 0.4) is 0 Å². The Balaban J connectivity index is 0.932. The predicted molar refractivity (Wildman–Crippen MR) is 287 cm³/mol. The summed E-state index contributed by atoms with van der Waals surface area (Å²) >= 11 is 1.81. The third kappa shape index (κ3) is 5.63. The van der Waals surface area contributed by atoms with Crippen molar-refractivity contribution >= 4 is 118 Å². The molecule has 0 aliphatic rings. The van der Waals surface area contributed by atoms with Crippen LogP contribution in [0, 0.1) is 0 Å². The highest BCUT2D eigenvalue weighted by atomic mass is 32.1. The number of hydrogen-bond donors (Lipinski definition) is 0. The van der Waals surface area contributed by atoms with Gasteiger partial charge in [0, 0.05) is 53.0 Å². The minimum absolute atomic E-state index is 0.631. The van der Waals surface area contributed by atoms with Gasteiger partial charge in [-0.3, -0.25) is 0 Å². The third-order valence-electron chi connectivity index (χ3n) is 14.0. The summed E-state index contributed by atoms with van der Waals surface area (Å²) in [6, 6.07) is 76.3. The highest BCUT2D eigenvalue weighted by Crippen LogP contribution is 2.47. The summed E-state index contributed by atoms with van der Waals surface area (Å²) in [5.74, 6) is 1.92. The van der Waals surface area contributed by atoms with E-state index in [0.29, 0.717) is 17.5 Å². The Morgan fingerprint density at radius 1 is 0.294 bits per heavy atom. The van der Waals surface area contributed by atoms with Crippen molar-refractivity contribution in [2.24, 2.45) is 0 Å². The zero-order valence-electron chi connectivity index (χ0n) is 36.4. The maximum Gasteiger partial charge on any atom is 0.164 e. The average Bonchev–Trinajstić information content (AvgIpc) is 3.97. The van der Waals surface area contributed by atoms with E-state index in [-0.39, 0.29) is 0 Å². The molecule has 0 saturated carbocycles. The molecule has 4 nitrogen and oxygen atoms in total. The number of fused-ring (bicyclic) bond motifs is 16. The molecule has 12 aromatic carbocycles. The van der Waals surface area contributed by atoms with Crippen LogP contribution in [0.5, 0.6) is 0 Å². The highest BCUT2D eigenvalue weighted by Gasteiger charge is 2.22. The van der Waals surface area contributed by atoms with E-state index in [2.05, 4.69) is 212 Å². The third-order valence-corrected chi connectivity index (χ3v) is 15.2. The Bertz CT molecular complexity index is 4640. The monoisotopic (exact) mass is 881 g/mol. The molecule has 68 heavy (non-hydrogen) atoms. The van der Waals surface area contributed by atoms with E-state index >= 15 is 0 Å². The van der Waals surface area contributed by atoms with Crippen molar-refractivity contribution < 1.29 is 4.42 Å². The standard InChI is InChI=1S/C63H35N3OS/c1-2-14-38-34-55-54(32-37(38)13-1)59-51(35-53-47-19-6-5-17-45(47)46-18-7-8-21-49(46)58(53)60(59)67-55)41-26-24-40-31-42(27-25-39(40)30-41)61-64-62(43-28-29-57-52(33-43)48-20-9-10-23-56(48)68-57)66-63(65-61)50-22-11-15-36-12-3-4-16-44(36)50/h1-35H. The Labute approximate surface area is 393 Å². The molecular weight excluding hydrogens is 847 g/mol. The fourth-order valence-corrected chi connectivity index (χ4v) is 11.9. The number of nitrogens with zero attached hydrogens (tertiary/aromatic N) is 3. The second-order valence-electron chi connectivity index (χ2n) is 17.9. The number of thiophene rings is 1. The van der Waals surface area contributed by atoms with E-state index < -0.39 is 0 Å². The van der Waals surface area contributed by atoms with Gasteiger partial charge in [-0.05, 0) is 125 Å². The molecule has 0 amide bonds. The highest BCUT2D eigenvalue weighted by molar-refractivity contribution is 7.25. The van der Waals surface area contributed by atoms with E-state index in [0.717, 1.165) is 82.1 Å². The average molecular weight is 882 g/mol. The lowest BCUT2D eigenvalue weighted by Crippen LogP contribution is -2.00. The van der Waals surface area contributed by atoms with Crippen LogP contribution in [0.25, 0.3) is 152 Å². The van der Waals surface area contributed by atoms with Gasteiger partial charge in [-0.1, -0.05) is 158 Å². The summed E-state index contributed by atoms with van der Waals surface area (Å²) < 4.78 is 9.58. The summed E-state index contributed by atoms with van der Waals surface area (Å²) in [4.78, 5) is 15.7. The van der Waals surface area contributed by atoms with Crippen molar-refractivity contribution in [3.63, 3.8) is 0 Å². The summed E-state index contributed by atoms with van der Waals surface area (Å²) in [6.07, 6.45) is 0. The number of benzene rings is 12. The summed E-state index contributed by atoms with van der Waals surface area (Å²) in [5.41, 5.74) is 6.93. The zero-order chi connectivity index (χ0) is 44.5. The van der Waals surface area contributed by atoms with Crippen LogP contribution in [-0.4, -0.2) is 15.0 Å². The number of rotatable bonds is 4. The van der Waals surface area contributed by atoms with Crippen molar-refractivity contribution in [1.29, 1.82) is 0 Å². The molecule has 0 aliphatic carbocycles. The smallest absolute Gasteiger partial charge is 0.164 e. The molecule has 5 heteroatoms. The van der Waals surface area contributed by atoms with Crippen molar-refractivity contribution in [3.8, 4) is 45.3 Å². The number of hydrogen-bond acceptors (Lipinski definition) is 5. The largest absolute Gasteiger partial charge is 0.455 e. The van der Waals surface area contributed by atoms with Gasteiger partial charge >= 0.3 is 0 Å².